The van der Waals surface area contributed by atoms with E-state index in [4.69, 9.17) is 17.3 Å². The molecule has 0 fully saturated rings. The highest BCUT2D eigenvalue weighted by Gasteiger charge is 2.20. The maximum atomic E-state index is 6.17. The summed E-state index contributed by atoms with van der Waals surface area (Å²) >= 11 is 11.6. The van der Waals surface area contributed by atoms with Crippen LogP contribution in [0.15, 0.2) is 16.6 Å². The minimum absolute atomic E-state index is 0.0880. The molecule has 0 radical (unpaired) electrons. The molecular weight excluding hydrogens is 282 g/mol. The number of nitrogens with two attached hydrogens (primary N) is 1. The first kappa shape index (κ1) is 10.8. The third kappa shape index (κ3) is 1.96. The van der Waals surface area contributed by atoms with Crippen molar-refractivity contribution in [3.05, 3.63) is 32.8 Å². The van der Waals surface area contributed by atoms with Gasteiger partial charge in [-0.25, -0.2) is 0 Å². The van der Waals surface area contributed by atoms with Crippen LogP contribution in [-0.2, 0) is 5.75 Å². The Balaban J connectivity index is 2.57. The summed E-state index contributed by atoms with van der Waals surface area (Å²) in [5.74, 6) is 2.11. The van der Waals surface area contributed by atoms with Crippen molar-refractivity contribution in [2.45, 2.75) is 18.2 Å². The van der Waals surface area contributed by atoms with Crippen LogP contribution in [0, 0.1) is 0 Å². The molecular formula is C10H11BrClNS. The van der Waals surface area contributed by atoms with Gasteiger partial charge in [-0.05, 0) is 35.4 Å². The molecule has 0 aromatic heterocycles. The van der Waals surface area contributed by atoms with Crippen LogP contribution in [0.4, 0.5) is 0 Å². The van der Waals surface area contributed by atoms with Crippen LogP contribution in [-0.4, -0.2) is 5.75 Å². The lowest BCUT2D eigenvalue weighted by Crippen LogP contribution is -2.12. The molecule has 0 spiro atoms. The highest BCUT2D eigenvalue weighted by atomic mass is 79.9. The molecule has 0 amide bonds. The Hall–Kier alpha value is 0.300. The van der Waals surface area contributed by atoms with Crippen LogP contribution >= 0.6 is 39.3 Å². The van der Waals surface area contributed by atoms with E-state index in [1.807, 2.05) is 23.9 Å². The van der Waals surface area contributed by atoms with E-state index in [1.165, 1.54) is 5.56 Å². The highest BCUT2D eigenvalue weighted by molar-refractivity contribution is 9.10. The van der Waals surface area contributed by atoms with E-state index in [0.29, 0.717) is 0 Å². The van der Waals surface area contributed by atoms with Gasteiger partial charge in [0, 0.05) is 21.3 Å². The third-order valence-corrected chi connectivity index (χ3v) is 4.53. The summed E-state index contributed by atoms with van der Waals surface area (Å²) < 4.78 is 1.13. The van der Waals surface area contributed by atoms with E-state index in [1.54, 1.807) is 0 Å². The van der Waals surface area contributed by atoms with Crippen LogP contribution in [0.25, 0.3) is 0 Å². The standard InChI is InChI=1S/C10H11BrClNS/c11-7-1-2-8(12)10-6(7)5-14-4-3-9(10)13/h1-2,9H,3-5,13H2/t9-/m0/s1. The molecule has 2 rings (SSSR count). The van der Waals surface area contributed by atoms with Gasteiger partial charge in [-0.1, -0.05) is 27.5 Å². The molecule has 0 bridgehead atoms. The summed E-state index contributed by atoms with van der Waals surface area (Å²) in [5.41, 5.74) is 8.50. The van der Waals surface area contributed by atoms with Crippen LogP contribution in [0.3, 0.4) is 0 Å². The zero-order valence-electron chi connectivity index (χ0n) is 7.59. The summed E-state index contributed by atoms with van der Waals surface area (Å²) in [5, 5.41) is 0.804. The molecule has 1 aliphatic heterocycles. The molecule has 1 heterocycles. The Kier molecular flexibility index (Phi) is 3.42. The van der Waals surface area contributed by atoms with E-state index in [2.05, 4.69) is 15.9 Å². The first-order chi connectivity index (χ1) is 6.70. The molecule has 0 aliphatic carbocycles. The lowest BCUT2D eigenvalue weighted by molar-refractivity contribution is 0.705. The molecule has 76 valence electrons. The average molecular weight is 293 g/mol. The molecule has 0 unspecified atom stereocenters. The maximum absolute atomic E-state index is 6.17. The van der Waals surface area contributed by atoms with Gasteiger partial charge in [0.25, 0.3) is 0 Å². The molecule has 0 saturated heterocycles. The smallest absolute Gasteiger partial charge is 0.0457 e. The predicted molar refractivity (Wildman–Crippen MR) is 66.9 cm³/mol. The zero-order chi connectivity index (χ0) is 10.1. The van der Waals surface area contributed by atoms with E-state index in [9.17, 15) is 0 Å². The van der Waals surface area contributed by atoms with Gasteiger partial charge in [-0.2, -0.15) is 11.8 Å². The number of hydrogen-bond acceptors (Lipinski definition) is 2. The molecule has 1 nitrogen and oxygen atoms in total. The SMILES string of the molecule is N[C@H]1CCSCc2c(Br)ccc(Cl)c21. The normalized spacial score (nSPS) is 21.5. The minimum atomic E-state index is 0.0880. The van der Waals surface area contributed by atoms with Crippen LogP contribution in [0.2, 0.25) is 5.02 Å². The average Bonchev–Trinajstić information content (AvgIpc) is 2.35. The lowest BCUT2D eigenvalue weighted by Gasteiger charge is -2.15. The van der Waals surface area contributed by atoms with Crippen LogP contribution < -0.4 is 5.73 Å². The monoisotopic (exact) mass is 291 g/mol. The van der Waals surface area contributed by atoms with Crippen LogP contribution in [0.5, 0.6) is 0 Å². The Labute approximate surface area is 102 Å². The maximum Gasteiger partial charge on any atom is 0.0457 e. The second kappa shape index (κ2) is 4.44. The molecule has 2 N–H and O–H groups in total. The molecule has 4 heteroatoms. The van der Waals surface area contributed by atoms with Gasteiger partial charge in [0.2, 0.25) is 0 Å². The summed E-state index contributed by atoms with van der Waals surface area (Å²) in [6, 6.07) is 4.00. The second-order valence-electron chi connectivity index (χ2n) is 3.37. The van der Waals surface area contributed by atoms with E-state index >= 15 is 0 Å². The van der Waals surface area contributed by atoms with Crippen molar-refractivity contribution in [2.24, 2.45) is 5.73 Å². The third-order valence-electron chi connectivity index (χ3n) is 2.44. The Morgan fingerprint density at radius 2 is 2.29 bits per heavy atom. The number of thioether (sulfide) groups is 1. The Morgan fingerprint density at radius 3 is 3.07 bits per heavy atom. The van der Waals surface area contributed by atoms with Crippen molar-refractivity contribution in [1.82, 2.24) is 0 Å². The van der Waals surface area contributed by atoms with Gasteiger partial charge >= 0.3 is 0 Å². The fourth-order valence-corrected chi connectivity index (χ4v) is 3.75. The molecule has 1 aliphatic rings. The summed E-state index contributed by atoms with van der Waals surface area (Å²) in [6.07, 6.45) is 1.01. The molecule has 0 saturated carbocycles. The zero-order valence-corrected chi connectivity index (χ0v) is 10.8. The van der Waals surface area contributed by atoms with Crippen molar-refractivity contribution in [3.63, 3.8) is 0 Å². The van der Waals surface area contributed by atoms with Gasteiger partial charge < -0.3 is 5.73 Å². The number of halogens is 2. The van der Waals surface area contributed by atoms with Crippen molar-refractivity contribution in [3.8, 4) is 0 Å². The van der Waals surface area contributed by atoms with Crippen molar-refractivity contribution >= 4 is 39.3 Å². The number of hydrogen-bond donors (Lipinski definition) is 1. The van der Waals surface area contributed by atoms with E-state index < -0.39 is 0 Å². The summed E-state index contributed by atoms with van der Waals surface area (Å²) in [6.45, 7) is 0. The molecule has 1 aromatic rings. The van der Waals surface area contributed by atoms with Crippen molar-refractivity contribution in [1.29, 1.82) is 0 Å². The van der Waals surface area contributed by atoms with Gasteiger partial charge in [0.05, 0.1) is 0 Å². The van der Waals surface area contributed by atoms with Gasteiger partial charge in [0.1, 0.15) is 0 Å². The van der Waals surface area contributed by atoms with E-state index in [-0.39, 0.29) is 6.04 Å². The van der Waals surface area contributed by atoms with Crippen LogP contribution in [0.1, 0.15) is 23.6 Å². The fraction of sp³-hybridized carbons (Fsp3) is 0.400. The second-order valence-corrected chi connectivity index (χ2v) is 5.74. The minimum Gasteiger partial charge on any atom is -0.324 e. The summed E-state index contributed by atoms with van der Waals surface area (Å²) in [4.78, 5) is 0. The van der Waals surface area contributed by atoms with Gasteiger partial charge in [0.15, 0.2) is 0 Å². The van der Waals surface area contributed by atoms with Crippen molar-refractivity contribution < 1.29 is 0 Å². The summed E-state index contributed by atoms with van der Waals surface area (Å²) in [7, 11) is 0. The predicted octanol–water partition coefficient (Wildman–Crippen LogP) is 3.74. The Morgan fingerprint density at radius 1 is 1.50 bits per heavy atom. The number of rotatable bonds is 0. The largest absolute Gasteiger partial charge is 0.324 e. The molecule has 14 heavy (non-hydrogen) atoms. The first-order valence-electron chi connectivity index (χ1n) is 4.50. The quantitative estimate of drug-likeness (QED) is 0.788. The van der Waals surface area contributed by atoms with Gasteiger partial charge in [-0.15, -0.1) is 0 Å². The molecule has 1 atom stereocenters. The number of fused-ring (bicyclic) bond motifs is 1. The lowest BCUT2D eigenvalue weighted by atomic mass is 10.0. The highest BCUT2D eigenvalue weighted by Crippen LogP contribution is 2.37. The topological polar surface area (TPSA) is 26.0 Å². The Bertz CT molecular complexity index is 356. The fourth-order valence-electron chi connectivity index (χ4n) is 1.69. The number of benzene rings is 1. The van der Waals surface area contributed by atoms with Crippen molar-refractivity contribution in [2.75, 3.05) is 5.75 Å². The van der Waals surface area contributed by atoms with E-state index in [0.717, 1.165) is 33.0 Å². The van der Waals surface area contributed by atoms with Gasteiger partial charge in [-0.3, -0.25) is 0 Å². The molecule has 1 aromatic carbocycles. The first-order valence-corrected chi connectivity index (χ1v) is 6.83.